The van der Waals surface area contributed by atoms with Crippen LogP contribution in [0.4, 0.5) is 0 Å². The Hall–Kier alpha value is -2.35. The maximum atomic E-state index is 11.7. The molecule has 0 spiro atoms. The molecule has 2 rings (SSSR count). The largest absolute Gasteiger partial charge is 0.494 e. The number of amidine groups is 1. The van der Waals surface area contributed by atoms with E-state index in [1.54, 1.807) is 6.21 Å². The second-order valence-corrected chi connectivity index (χ2v) is 7.21. The summed E-state index contributed by atoms with van der Waals surface area (Å²) in [7, 11) is 0. The zero-order chi connectivity index (χ0) is 19.1. The van der Waals surface area contributed by atoms with Gasteiger partial charge in [0.05, 0.1) is 19.2 Å². The predicted molar refractivity (Wildman–Crippen MR) is 103 cm³/mol. The van der Waals surface area contributed by atoms with Crippen molar-refractivity contribution in [3.8, 4) is 5.75 Å². The van der Waals surface area contributed by atoms with E-state index in [1.165, 1.54) is 0 Å². The summed E-state index contributed by atoms with van der Waals surface area (Å²) in [5.74, 6) is -0.533. The van der Waals surface area contributed by atoms with E-state index in [1.807, 2.05) is 26.0 Å². The Morgan fingerprint density at radius 1 is 1.38 bits per heavy atom. The van der Waals surface area contributed by atoms with Gasteiger partial charge in [0.2, 0.25) is 5.91 Å². The SMILES string of the molecule is CCCCOc1cc(C)c(C=NN=C2NC(=O)C(CC(=O)O)S2)c(C)c1. The highest BCUT2D eigenvalue weighted by molar-refractivity contribution is 8.15. The quantitative estimate of drug-likeness (QED) is 0.412. The van der Waals surface area contributed by atoms with Crippen LogP contribution in [0.2, 0.25) is 0 Å². The predicted octanol–water partition coefficient (Wildman–Crippen LogP) is 2.88. The van der Waals surface area contributed by atoms with Crippen molar-refractivity contribution in [1.82, 2.24) is 5.32 Å². The molecule has 8 heteroatoms. The van der Waals surface area contributed by atoms with E-state index in [9.17, 15) is 9.59 Å². The highest BCUT2D eigenvalue weighted by Crippen LogP contribution is 2.23. The summed E-state index contributed by atoms with van der Waals surface area (Å²) in [6.07, 6.45) is 3.50. The molecule has 0 saturated carbocycles. The molecule has 2 N–H and O–H groups in total. The highest BCUT2D eigenvalue weighted by Gasteiger charge is 2.32. The summed E-state index contributed by atoms with van der Waals surface area (Å²) in [5, 5.41) is 19.0. The van der Waals surface area contributed by atoms with Crippen LogP contribution in [0.15, 0.2) is 22.3 Å². The van der Waals surface area contributed by atoms with Gasteiger partial charge in [0, 0.05) is 5.56 Å². The molecule has 1 fully saturated rings. The molecule has 1 unspecified atom stereocenters. The molecule has 1 aromatic carbocycles. The van der Waals surface area contributed by atoms with Crippen LogP contribution in [-0.2, 0) is 9.59 Å². The Morgan fingerprint density at radius 3 is 2.69 bits per heavy atom. The molecule has 7 nitrogen and oxygen atoms in total. The molecule has 0 bridgehead atoms. The van der Waals surface area contributed by atoms with Crippen molar-refractivity contribution in [1.29, 1.82) is 0 Å². The van der Waals surface area contributed by atoms with Gasteiger partial charge in [0.15, 0.2) is 5.17 Å². The third kappa shape index (κ3) is 5.59. The first-order chi connectivity index (χ1) is 12.4. The molecular weight excluding hydrogens is 354 g/mol. The number of nitrogens with one attached hydrogen (secondary N) is 1. The average Bonchev–Trinajstić information content (AvgIpc) is 2.89. The van der Waals surface area contributed by atoms with E-state index < -0.39 is 11.2 Å². The first-order valence-corrected chi connectivity index (χ1v) is 9.33. The van der Waals surface area contributed by atoms with E-state index in [2.05, 4.69) is 22.4 Å². The Morgan fingerprint density at radius 2 is 2.08 bits per heavy atom. The third-order valence-electron chi connectivity index (χ3n) is 3.81. The number of carboxylic acid groups (broad SMARTS) is 1. The highest BCUT2D eigenvalue weighted by atomic mass is 32.2. The van der Waals surface area contributed by atoms with Crippen molar-refractivity contribution in [3.05, 3.63) is 28.8 Å². The smallest absolute Gasteiger partial charge is 0.305 e. The van der Waals surface area contributed by atoms with Gasteiger partial charge in [-0.15, -0.1) is 5.10 Å². The Bertz CT molecular complexity index is 723. The van der Waals surface area contributed by atoms with Crippen LogP contribution in [0.1, 0.15) is 42.9 Å². The number of nitrogens with zero attached hydrogens (tertiary/aromatic N) is 2. The molecule has 0 aromatic heterocycles. The summed E-state index contributed by atoms with van der Waals surface area (Å²) >= 11 is 1.08. The van der Waals surface area contributed by atoms with E-state index in [-0.39, 0.29) is 12.3 Å². The summed E-state index contributed by atoms with van der Waals surface area (Å²) in [6.45, 7) is 6.77. The van der Waals surface area contributed by atoms with E-state index in [0.29, 0.717) is 11.8 Å². The van der Waals surface area contributed by atoms with Gasteiger partial charge in [-0.1, -0.05) is 25.1 Å². The topological polar surface area (TPSA) is 100 Å². The fraction of sp³-hybridized carbons (Fsp3) is 0.444. The zero-order valence-corrected chi connectivity index (χ0v) is 15.9. The molecule has 1 atom stereocenters. The molecule has 0 aliphatic carbocycles. The summed E-state index contributed by atoms with van der Waals surface area (Å²) in [6, 6.07) is 3.93. The molecule has 1 saturated heterocycles. The van der Waals surface area contributed by atoms with E-state index >= 15 is 0 Å². The number of unbranched alkanes of at least 4 members (excludes halogenated alkanes) is 1. The van der Waals surface area contributed by atoms with Crippen LogP contribution in [0.5, 0.6) is 5.75 Å². The number of thioether (sulfide) groups is 1. The molecule has 1 aliphatic rings. The van der Waals surface area contributed by atoms with Crippen LogP contribution in [0.25, 0.3) is 0 Å². The normalized spacial score (nSPS) is 18.5. The lowest BCUT2D eigenvalue weighted by atomic mass is 10.0. The van der Waals surface area contributed by atoms with Crippen molar-refractivity contribution >= 4 is 35.0 Å². The first kappa shape index (κ1) is 20.0. The van der Waals surface area contributed by atoms with Gasteiger partial charge in [0.1, 0.15) is 11.0 Å². The van der Waals surface area contributed by atoms with Gasteiger partial charge >= 0.3 is 5.97 Å². The lowest BCUT2D eigenvalue weighted by molar-refractivity contribution is -0.138. The minimum atomic E-state index is -1.02. The van der Waals surface area contributed by atoms with Crippen LogP contribution < -0.4 is 10.1 Å². The number of rotatable bonds is 8. The van der Waals surface area contributed by atoms with Gasteiger partial charge in [-0.25, -0.2) is 0 Å². The molecule has 0 radical (unpaired) electrons. The molecule has 26 heavy (non-hydrogen) atoms. The standard InChI is InChI=1S/C18H23N3O4S/c1-4-5-6-25-13-7-11(2)14(12(3)8-13)10-19-21-18-20-17(24)15(26-18)9-16(22)23/h7-8,10,15H,4-6,9H2,1-3H3,(H,22,23)(H,20,21,24). The maximum absolute atomic E-state index is 11.7. The summed E-state index contributed by atoms with van der Waals surface area (Å²) < 4.78 is 5.73. The van der Waals surface area contributed by atoms with Crippen LogP contribution in [0.3, 0.4) is 0 Å². The number of ether oxygens (including phenoxy) is 1. The number of amides is 1. The fourth-order valence-corrected chi connectivity index (χ4v) is 3.36. The van der Waals surface area contributed by atoms with Gasteiger partial charge in [0.25, 0.3) is 0 Å². The van der Waals surface area contributed by atoms with Gasteiger partial charge < -0.3 is 15.2 Å². The molecule has 1 aromatic rings. The molecule has 1 amide bonds. The third-order valence-corrected chi connectivity index (χ3v) is 4.88. The lowest BCUT2D eigenvalue weighted by Crippen LogP contribution is -2.26. The number of aliphatic carboxylic acids is 1. The molecule has 1 aliphatic heterocycles. The maximum Gasteiger partial charge on any atom is 0.305 e. The Balaban J connectivity index is 2.04. The number of carbonyl (C=O) groups excluding carboxylic acids is 1. The van der Waals surface area contributed by atoms with Crippen molar-refractivity contribution in [3.63, 3.8) is 0 Å². The Labute approximate surface area is 156 Å². The number of aryl methyl sites for hydroxylation is 2. The van der Waals surface area contributed by atoms with Gasteiger partial charge in [-0.3, -0.25) is 9.59 Å². The fourth-order valence-electron chi connectivity index (χ4n) is 2.44. The first-order valence-electron chi connectivity index (χ1n) is 8.45. The summed E-state index contributed by atoms with van der Waals surface area (Å²) in [5.41, 5.74) is 2.98. The number of hydrogen-bond acceptors (Lipinski definition) is 6. The number of carbonyl (C=O) groups is 2. The minimum Gasteiger partial charge on any atom is -0.494 e. The molecule has 1 heterocycles. The Kier molecular flexibility index (Phi) is 7.20. The van der Waals surface area contributed by atoms with Crippen molar-refractivity contribution in [2.75, 3.05) is 6.61 Å². The zero-order valence-electron chi connectivity index (χ0n) is 15.1. The van der Waals surface area contributed by atoms with Crippen molar-refractivity contribution in [2.45, 2.75) is 45.3 Å². The van der Waals surface area contributed by atoms with Crippen molar-refractivity contribution < 1.29 is 19.4 Å². The van der Waals surface area contributed by atoms with E-state index in [0.717, 1.165) is 47.0 Å². The number of carboxylic acids is 1. The lowest BCUT2D eigenvalue weighted by Gasteiger charge is -2.10. The molecular formula is C18H23N3O4S. The van der Waals surface area contributed by atoms with Crippen LogP contribution in [-0.4, -0.2) is 40.2 Å². The van der Waals surface area contributed by atoms with Gasteiger partial charge in [-0.2, -0.15) is 5.10 Å². The summed E-state index contributed by atoms with van der Waals surface area (Å²) in [4.78, 5) is 22.4. The molecule has 140 valence electrons. The van der Waals surface area contributed by atoms with Crippen LogP contribution in [0, 0.1) is 13.8 Å². The number of benzene rings is 1. The second-order valence-electron chi connectivity index (χ2n) is 6.02. The average molecular weight is 377 g/mol. The number of hydrogen-bond donors (Lipinski definition) is 2. The van der Waals surface area contributed by atoms with Crippen molar-refractivity contribution in [2.24, 2.45) is 10.2 Å². The van der Waals surface area contributed by atoms with Crippen LogP contribution >= 0.6 is 11.8 Å². The monoisotopic (exact) mass is 377 g/mol. The van der Waals surface area contributed by atoms with E-state index in [4.69, 9.17) is 9.84 Å². The minimum absolute atomic E-state index is 0.239. The second kappa shape index (κ2) is 9.38. The van der Waals surface area contributed by atoms with Gasteiger partial charge in [-0.05, 0) is 43.5 Å².